The molecule has 1 aromatic carbocycles. The van der Waals surface area contributed by atoms with Crippen LogP contribution in [-0.4, -0.2) is 24.2 Å². The highest BCUT2D eigenvalue weighted by Gasteiger charge is 2.18. The van der Waals surface area contributed by atoms with Crippen LogP contribution in [0.25, 0.3) is 21.3 Å². The Labute approximate surface area is 131 Å². The quantitative estimate of drug-likeness (QED) is 0.673. The molecule has 0 radical (unpaired) electrons. The molecule has 0 atom stereocenters. The molecule has 0 aliphatic rings. The number of benzene rings is 1. The summed E-state index contributed by atoms with van der Waals surface area (Å²) in [5.74, 6) is 1.54. The van der Waals surface area contributed by atoms with Gasteiger partial charge in [0.2, 0.25) is 0 Å². The zero-order chi connectivity index (χ0) is 15.0. The van der Waals surface area contributed by atoms with E-state index in [0.29, 0.717) is 5.15 Å². The SMILES string of the molecule is COc1ccc(OC)c(-c2c(C)sc3c(Cl)ncnc23)c1. The Bertz CT molecular complexity index is 817. The number of thiophene rings is 1. The van der Waals surface area contributed by atoms with Crippen molar-refractivity contribution in [1.29, 1.82) is 0 Å². The lowest BCUT2D eigenvalue weighted by Gasteiger charge is -2.10. The highest BCUT2D eigenvalue weighted by molar-refractivity contribution is 7.20. The van der Waals surface area contributed by atoms with E-state index in [2.05, 4.69) is 9.97 Å². The fourth-order valence-electron chi connectivity index (χ4n) is 2.32. The van der Waals surface area contributed by atoms with Crippen LogP contribution in [0.5, 0.6) is 11.5 Å². The first-order chi connectivity index (χ1) is 10.2. The maximum Gasteiger partial charge on any atom is 0.150 e. The van der Waals surface area contributed by atoms with Gasteiger partial charge in [0.25, 0.3) is 0 Å². The first kappa shape index (κ1) is 14.1. The molecular formula is C15H13ClN2O2S. The van der Waals surface area contributed by atoms with Gasteiger partial charge >= 0.3 is 0 Å². The predicted molar refractivity (Wildman–Crippen MR) is 85.7 cm³/mol. The zero-order valence-corrected chi connectivity index (χ0v) is 13.4. The van der Waals surface area contributed by atoms with E-state index in [-0.39, 0.29) is 0 Å². The van der Waals surface area contributed by atoms with Crippen molar-refractivity contribution in [2.75, 3.05) is 14.2 Å². The van der Waals surface area contributed by atoms with Gasteiger partial charge in [-0.05, 0) is 25.1 Å². The molecule has 21 heavy (non-hydrogen) atoms. The summed E-state index contributed by atoms with van der Waals surface area (Å²) in [7, 11) is 3.29. The molecule has 6 heteroatoms. The molecule has 0 fully saturated rings. The number of methoxy groups -OCH3 is 2. The summed E-state index contributed by atoms with van der Waals surface area (Å²) in [4.78, 5) is 9.54. The zero-order valence-electron chi connectivity index (χ0n) is 11.8. The van der Waals surface area contributed by atoms with Gasteiger partial charge in [0.1, 0.15) is 23.0 Å². The number of nitrogens with zero attached hydrogens (tertiary/aromatic N) is 2. The Hall–Kier alpha value is -1.85. The molecular weight excluding hydrogens is 308 g/mol. The number of fused-ring (bicyclic) bond motifs is 1. The first-order valence-corrected chi connectivity index (χ1v) is 7.47. The number of ether oxygens (including phenoxy) is 2. The molecule has 0 amide bonds. The van der Waals surface area contributed by atoms with Crippen LogP contribution in [0, 0.1) is 6.92 Å². The van der Waals surface area contributed by atoms with E-state index in [1.54, 1.807) is 25.6 Å². The lowest BCUT2D eigenvalue weighted by atomic mass is 10.0. The van der Waals surface area contributed by atoms with Crippen molar-refractivity contribution in [3.05, 3.63) is 34.6 Å². The molecule has 2 heterocycles. The Morgan fingerprint density at radius 2 is 1.95 bits per heavy atom. The summed E-state index contributed by atoms with van der Waals surface area (Å²) < 4.78 is 11.7. The van der Waals surface area contributed by atoms with Crippen LogP contribution in [0.2, 0.25) is 5.15 Å². The molecule has 0 saturated carbocycles. The normalized spacial score (nSPS) is 10.9. The minimum absolute atomic E-state index is 0.473. The Kier molecular flexibility index (Phi) is 3.69. The number of hydrogen-bond donors (Lipinski definition) is 0. The van der Waals surface area contributed by atoms with Crippen LogP contribution in [0.1, 0.15) is 4.88 Å². The van der Waals surface area contributed by atoms with Crippen LogP contribution in [0.3, 0.4) is 0 Å². The molecule has 4 nitrogen and oxygen atoms in total. The standard InChI is InChI=1S/C15H13ClN2O2S/c1-8-12(13-14(21-8)15(16)18-7-17-13)10-6-9(19-2)4-5-11(10)20-3/h4-7H,1-3H3. The summed E-state index contributed by atoms with van der Waals surface area (Å²) in [5.41, 5.74) is 2.79. The Balaban J connectivity index is 2.34. The van der Waals surface area contributed by atoms with Gasteiger partial charge < -0.3 is 9.47 Å². The van der Waals surface area contributed by atoms with Gasteiger partial charge in [0.05, 0.1) is 24.4 Å². The van der Waals surface area contributed by atoms with E-state index >= 15 is 0 Å². The monoisotopic (exact) mass is 320 g/mol. The molecule has 0 saturated heterocycles. The molecule has 108 valence electrons. The highest BCUT2D eigenvalue weighted by Crippen LogP contribution is 2.43. The third-order valence-electron chi connectivity index (χ3n) is 3.28. The number of aryl methyl sites for hydroxylation is 1. The van der Waals surface area contributed by atoms with Crippen molar-refractivity contribution in [2.24, 2.45) is 0 Å². The Morgan fingerprint density at radius 1 is 1.14 bits per heavy atom. The van der Waals surface area contributed by atoms with Crippen LogP contribution in [0.4, 0.5) is 0 Å². The Morgan fingerprint density at radius 3 is 2.67 bits per heavy atom. The van der Waals surface area contributed by atoms with Crippen LogP contribution < -0.4 is 9.47 Å². The van der Waals surface area contributed by atoms with E-state index < -0.39 is 0 Å². The average molecular weight is 321 g/mol. The number of halogens is 1. The summed E-state index contributed by atoms with van der Waals surface area (Å²) in [6.45, 7) is 2.04. The van der Waals surface area contributed by atoms with E-state index in [4.69, 9.17) is 21.1 Å². The lowest BCUT2D eigenvalue weighted by Crippen LogP contribution is -1.91. The summed E-state index contributed by atoms with van der Waals surface area (Å²) >= 11 is 7.74. The van der Waals surface area contributed by atoms with Crippen molar-refractivity contribution < 1.29 is 9.47 Å². The lowest BCUT2D eigenvalue weighted by molar-refractivity contribution is 0.404. The third-order valence-corrected chi connectivity index (χ3v) is 4.78. The molecule has 0 spiro atoms. The smallest absolute Gasteiger partial charge is 0.150 e. The van der Waals surface area contributed by atoms with Crippen LogP contribution in [-0.2, 0) is 0 Å². The molecule has 0 bridgehead atoms. The molecule has 3 rings (SSSR count). The van der Waals surface area contributed by atoms with E-state index in [0.717, 1.165) is 37.7 Å². The van der Waals surface area contributed by atoms with Crippen molar-refractivity contribution in [2.45, 2.75) is 6.92 Å². The summed E-state index contributed by atoms with van der Waals surface area (Å²) in [6.07, 6.45) is 1.48. The van der Waals surface area contributed by atoms with E-state index in [1.807, 2.05) is 25.1 Å². The molecule has 3 aromatic rings. The van der Waals surface area contributed by atoms with Gasteiger partial charge in [0, 0.05) is 16.0 Å². The molecule has 0 aliphatic carbocycles. The van der Waals surface area contributed by atoms with Crippen LogP contribution >= 0.6 is 22.9 Å². The van der Waals surface area contributed by atoms with E-state index in [9.17, 15) is 0 Å². The van der Waals surface area contributed by atoms with E-state index in [1.165, 1.54) is 6.33 Å². The van der Waals surface area contributed by atoms with Gasteiger partial charge in [-0.25, -0.2) is 9.97 Å². The fourth-order valence-corrected chi connectivity index (χ4v) is 3.57. The van der Waals surface area contributed by atoms with Crippen molar-refractivity contribution >= 4 is 33.2 Å². The van der Waals surface area contributed by atoms with Crippen molar-refractivity contribution in [3.63, 3.8) is 0 Å². The second kappa shape index (κ2) is 5.50. The van der Waals surface area contributed by atoms with Crippen molar-refractivity contribution in [1.82, 2.24) is 9.97 Å². The average Bonchev–Trinajstić information content (AvgIpc) is 2.84. The predicted octanol–water partition coefficient (Wildman–Crippen LogP) is 4.34. The first-order valence-electron chi connectivity index (χ1n) is 6.27. The van der Waals surface area contributed by atoms with Gasteiger partial charge in [0.15, 0.2) is 0 Å². The third kappa shape index (κ3) is 2.32. The largest absolute Gasteiger partial charge is 0.497 e. The molecule has 0 unspecified atom stereocenters. The fraction of sp³-hybridized carbons (Fsp3) is 0.200. The number of hydrogen-bond acceptors (Lipinski definition) is 5. The minimum atomic E-state index is 0.473. The topological polar surface area (TPSA) is 44.2 Å². The number of rotatable bonds is 3. The number of aromatic nitrogens is 2. The summed E-state index contributed by atoms with van der Waals surface area (Å²) in [5, 5.41) is 0.473. The van der Waals surface area contributed by atoms with Gasteiger partial charge in [-0.1, -0.05) is 11.6 Å². The van der Waals surface area contributed by atoms with Gasteiger partial charge in [-0.2, -0.15) is 0 Å². The second-order valence-electron chi connectivity index (χ2n) is 4.44. The highest BCUT2D eigenvalue weighted by atomic mass is 35.5. The van der Waals surface area contributed by atoms with Crippen molar-refractivity contribution in [3.8, 4) is 22.6 Å². The molecule has 0 aliphatic heterocycles. The van der Waals surface area contributed by atoms with Gasteiger partial charge in [-0.3, -0.25) is 0 Å². The maximum atomic E-state index is 6.17. The second-order valence-corrected chi connectivity index (χ2v) is 6.02. The summed E-state index contributed by atoms with van der Waals surface area (Å²) in [6, 6.07) is 5.71. The van der Waals surface area contributed by atoms with Crippen LogP contribution in [0.15, 0.2) is 24.5 Å². The maximum absolute atomic E-state index is 6.17. The molecule has 0 N–H and O–H groups in total. The minimum Gasteiger partial charge on any atom is -0.497 e. The van der Waals surface area contributed by atoms with Gasteiger partial charge in [-0.15, -0.1) is 11.3 Å². The molecule has 2 aromatic heterocycles.